The van der Waals surface area contributed by atoms with Crippen molar-refractivity contribution in [1.29, 1.82) is 0 Å². The van der Waals surface area contributed by atoms with Gasteiger partial charge in [0.05, 0.1) is 18.1 Å². The van der Waals surface area contributed by atoms with Crippen molar-refractivity contribution in [3.05, 3.63) is 33.9 Å². The van der Waals surface area contributed by atoms with Crippen LogP contribution in [0.2, 0.25) is 0 Å². The van der Waals surface area contributed by atoms with Crippen LogP contribution in [0.25, 0.3) is 11.1 Å². The van der Waals surface area contributed by atoms with Gasteiger partial charge in [-0.3, -0.25) is 14.3 Å². The summed E-state index contributed by atoms with van der Waals surface area (Å²) in [5.41, 5.74) is -0.804. The molecule has 3 rings (SSSR count). The number of esters is 1. The van der Waals surface area contributed by atoms with Crippen LogP contribution in [0, 0.1) is 23.1 Å². The van der Waals surface area contributed by atoms with Crippen molar-refractivity contribution in [2.75, 3.05) is 7.11 Å². The molecule has 1 aromatic heterocycles. The van der Waals surface area contributed by atoms with Gasteiger partial charge < -0.3 is 9.47 Å². The number of benzene rings is 1. The molecule has 0 saturated heterocycles. The number of rotatable bonds is 3. The zero-order chi connectivity index (χ0) is 20.6. The van der Waals surface area contributed by atoms with Gasteiger partial charge in [-0.15, -0.1) is 5.92 Å². The summed E-state index contributed by atoms with van der Waals surface area (Å²) in [5.74, 6) is 4.53. The first-order chi connectivity index (χ1) is 13.2. The third-order valence-corrected chi connectivity index (χ3v) is 4.52. The van der Waals surface area contributed by atoms with Crippen molar-refractivity contribution in [3.8, 4) is 34.6 Å². The Labute approximate surface area is 162 Å². The van der Waals surface area contributed by atoms with Gasteiger partial charge in [0.25, 0.3) is 5.56 Å². The molecule has 0 atom stereocenters. The molecule has 28 heavy (non-hydrogen) atoms. The zero-order valence-electron chi connectivity index (χ0n) is 16.7. The van der Waals surface area contributed by atoms with Crippen LogP contribution in [0.4, 0.5) is 4.39 Å². The van der Waals surface area contributed by atoms with Crippen molar-refractivity contribution in [3.63, 3.8) is 0 Å². The third-order valence-electron chi connectivity index (χ3n) is 4.52. The van der Waals surface area contributed by atoms with Crippen LogP contribution < -0.4 is 15.0 Å². The summed E-state index contributed by atoms with van der Waals surface area (Å²) in [5, 5.41) is 0. The molecule has 7 heteroatoms. The number of carbonyl (C=O) groups excluding carboxylic acids is 1. The minimum Gasteiger partial charge on any atom is -0.496 e. The van der Waals surface area contributed by atoms with E-state index in [9.17, 15) is 9.59 Å². The van der Waals surface area contributed by atoms with E-state index < -0.39 is 22.8 Å². The number of halogens is 1. The number of hydrogen-bond acceptors (Lipinski definition) is 4. The second-order valence-electron chi connectivity index (χ2n) is 7.63. The SMILES string of the molecule is CC#Cc1cc(F)c(-c2c(OC(=O)C(C)(C)C)n3n(c2=O)CCC3)c(OC)c1. The quantitative estimate of drug-likeness (QED) is 0.600. The molecule has 0 saturated carbocycles. The molecule has 0 amide bonds. The van der Waals surface area contributed by atoms with Crippen molar-refractivity contribution in [2.45, 2.75) is 47.2 Å². The molecule has 0 fully saturated rings. The highest BCUT2D eigenvalue weighted by molar-refractivity contribution is 5.82. The summed E-state index contributed by atoms with van der Waals surface area (Å²) in [6, 6.07) is 2.81. The normalized spacial score (nSPS) is 12.9. The highest BCUT2D eigenvalue weighted by atomic mass is 19.1. The topological polar surface area (TPSA) is 62.5 Å². The molecule has 6 nitrogen and oxygen atoms in total. The average molecular weight is 386 g/mol. The van der Waals surface area contributed by atoms with Gasteiger partial charge in [-0.05, 0) is 46.2 Å². The summed E-state index contributed by atoms with van der Waals surface area (Å²) >= 11 is 0. The molecule has 0 unspecified atom stereocenters. The van der Waals surface area contributed by atoms with Gasteiger partial charge in [0, 0.05) is 18.7 Å². The lowest BCUT2D eigenvalue weighted by Crippen LogP contribution is -2.27. The zero-order valence-corrected chi connectivity index (χ0v) is 16.7. The number of nitrogens with zero attached hydrogens (tertiary/aromatic N) is 2. The van der Waals surface area contributed by atoms with E-state index in [1.807, 2.05) is 0 Å². The van der Waals surface area contributed by atoms with Gasteiger partial charge in [0.2, 0.25) is 5.88 Å². The molecule has 2 heterocycles. The summed E-state index contributed by atoms with van der Waals surface area (Å²) in [4.78, 5) is 25.6. The van der Waals surface area contributed by atoms with E-state index in [4.69, 9.17) is 9.47 Å². The van der Waals surface area contributed by atoms with Crippen molar-refractivity contribution in [1.82, 2.24) is 9.36 Å². The van der Waals surface area contributed by atoms with Gasteiger partial charge in [-0.1, -0.05) is 5.92 Å². The molecule has 1 aliphatic rings. The van der Waals surface area contributed by atoms with E-state index in [1.54, 1.807) is 38.4 Å². The Kier molecular flexibility index (Phi) is 5.07. The first-order valence-corrected chi connectivity index (χ1v) is 9.05. The highest BCUT2D eigenvalue weighted by Gasteiger charge is 2.33. The number of hydrogen-bond donors (Lipinski definition) is 0. The summed E-state index contributed by atoms with van der Waals surface area (Å²) in [7, 11) is 1.39. The average Bonchev–Trinajstić information content (AvgIpc) is 3.18. The number of ether oxygens (including phenoxy) is 2. The summed E-state index contributed by atoms with van der Waals surface area (Å²) in [6.07, 6.45) is 0.736. The molecule has 2 aromatic rings. The first-order valence-electron chi connectivity index (χ1n) is 9.05. The van der Waals surface area contributed by atoms with E-state index in [0.717, 1.165) is 6.42 Å². The number of methoxy groups -OCH3 is 1. The number of fused-ring (bicyclic) bond motifs is 1. The Bertz CT molecular complexity index is 1060. The van der Waals surface area contributed by atoms with Gasteiger partial charge in [-0.2, -0.15) is 0 Å². The van der Waals surface area contributed by atoms with E-state index in [1.165, 1.54) is 17.9 Å². The fraction of sp³-hybridized carbons (Fsp3) is 0.429. The summed E-state index contributed by atoms with van der Waals surface area (Å²) < 4.78 is 29.1. The smallest absolute Gasteiger partial charge is 0.317 e. The van der Waals surface area contributed by atoms with E-state index in [0.29, 0.717) is 18.7 Å². The van der Waals surface area contributed by atoms with Gasteiger partial charge >= 0.3 is 5.97 Å². The Balaban J connectivity index is 2.27. The maximum absolute atomic E-state index is 15.1. The van der Waals surface area contributed by atoms with Gasteiger partial charge in [0.15, 0.2) is 0 Å². The number of carbonyl (C=O) groups is 1. The Hall–Kier alpha value is -3.01. The fourth-order valence-corrected chi connectivity index (χ4v) is 3.14. The van der Waals surface area contributed by atoms with E-state index in [-0.39, 0.29) is 22.8 Å². The standard InChI is InChI=1S/C21H23FN2O4/c1-6-8-13-11-14(22)16(15(12-13)27-5)17-18(25)23-9-7-10-24(23)19(17)28-20(26)21(2,3)4/h11-12H,7,9-10H2,1-5H3. The van der Waals surface area contributed by atoms with Crippen LogP contribution in [0.5, 0.6) is 11.6 Å². The van der Waals surface area contributed by atoms with Gasteiger partial charge in [-0.25, -0.2) is 9.07 Å². The van der Waals surface area contributed by atoms with E-state index in [2.05, 4.69) is 11.8 Å². The van der Waals surface area contributed by atoms with Crippen LogP contribution >= 0.6 is 0 Å². The fourth-order valence-electron chi connectivity index (χ4n) is 3.14. The van der Waals surface area contributed by atoms with Crippen molar-refractivity contribution in [2.24, 2.45) is 5.41 Å². The Morgan fingerprint density at radius 2 is 1.86 bits per heavy atom. The first kappa shape index (κ1) is 19.7. The lowest BCUT2D eigenvalue weighted by atomic mass is 9.97. The molecule has 0 N–H and O–H groups in total. The predicted molar refractivity (Wildman–Crippen MR) is 103 cm³/mol. The molecule has 0 aliphatic carbocycles. The van der Waals surface area contributed by atoms with Crippen molar-refractivity contribution >= 4 is 5.97 Å². The molecule has 148 valence electrons. The minimum atomic E-state index is -0.780. The number of aromatic nitrogens is 2. The largest absolute Gasteiger partial charge is 0.496 e. The predicted octanol–water partition coefficient (Wildman–Crippen LogP) is 3.19. The van der Waals surface area contributed by atoms with Crippen LogP contribution in [0.15, 0.2) is 16.9 Å². The second-order valence-corrected chi connectivity index (χ2v) is 7.63. The maximum atomic E-state index is 15.1. The van der Waals surface area contributed by atoms with Crippen LogP contribution in [0.1, 0.15) is 39.7 Å². The highest BCUT2D eigenvalue weighted by Crippen LogP contribution is 2.39. The lowest BCUT2D eigenvalue weighted by molar-refractivity contribution is -0.143. The van der Waals surface area contributed by atoms with Crippen LogP contribution in [-0.4, -0.2) is 22.4 Å². The molecular weight excluding hydrogens is 363 g/mol. The van der Waals surface area contributed by atoms with E-state index >= 15 is 4.39 Å². The molecule has 1 aliphatic heterocycles. The molecule has 0 bridgehead atoms. The third kappa shape index (κ3) is 3.31. The van der Waals surface area contributed by atoms with Gasteiger partial charge in [0.1, 0.15) is 17.1 Å². The van der Waals surface area contributed by atoms with Crippen molar-refractivity contribution < 1.29 is 18.7 Å². The Morgan fingerprint density at radius 1 is 1.18 bits per heavy atom. The monoisotopic (exact) mass is 386 g/mol. The molecule has 0 radical (unpaired) electrons. The maximum Gasteiger partial charge on any atom is 0.317 e. The lowest BCUT2D eigenvalue weighted by Gasteiger charge is -2.18. The molecule has 1 aromatic carbocycles. The second kappa shape index (κ2) is 7.19. The van der Waals surface area contributed by atoms with Crippen LogP contribution in [-0.2, 0) is 17.9 Å². The van der Waals surface area contributed by atoms with Crippen LogP contribution in [0.3, 0.4) is 0 Å². The Morgan fingerprint density at radius 3 is 2.46 bits per heavy atom. The molecular formula is C21H23FN2O4. The minimum absolute atomic E-state index is 0.0114. The summed E-state index contributed by atoms with van der Waals surface area (Å²) in [6.45, 7) is 7.77. The molecule has 0 spiro atoms.